The van der Waals surface area contributed by atoms with Gasteiger partial charge in [0, 0.05) is 23.7 Å². The second-order valence-corrected chi connectivity index (χ2v) is 6.16. The van der Waals surface area contributed by atoms with Crippen molar-refractivity contribution >= 4 is 11.6 Å². The highest BCUT2D eigenvalue weighted by Crippen LogP contribution is 2.25. The monoisotopic (exact) mass is 304 g/mol. The van der Waals surface area contributed by atoms with E-state index < -0.39 is 4.92 Å². The average molecular weight is 304 g/mol. The molecule has 1 amide bonds. The van der Waals surface area contributed by atoms with Crippen molar-refractivity contribution in [3.05, 3.63) is 39.4 Å². The minimum Gasteiger partial charge on any atom is -0.352 e. The number of rotatable bonds is 5. The fourth-order valence-electron chi connectivity index (χ4n) is 3.15. The Hall–Kier alpha value is -1.91. The van der Waals surface area contributed by atoms with E-state index in [0.717, 1.165) is 12.3 Å². The van der Waals surface area contributed by atoms with Gasteiger partial charge in [-0.25, -0.2) is 0 Å². The Morgan fingerprint density at radius 3 is 2.55 bits per heavy atom. The van der Waals surface area contributed by atoms with Crippen molar-refractivity contribution in [2.45, 2.75) is 51.9 Å². The van der Waals surface area contributed by atoms with Gasteiger partial charge in [-0.15, -0.1) is 0 Å². The summed E-state index contributed by atoms with van der Waals surface area (Å²) in [6.45, 7) is 2.33. The normalized spacial score (nSPS) is 16.0. The molecule has 1 aromatic carbocycles. The molecule has 1 N–H and O–H groups in total. The topological polar surface area (TPSA) is 72.2 Å². The molecule has 0 heterocycles. The lowest BCUT2D eigenvalue weighted by molar-refractivity contribution is -0.385. The summed E-state index contributed by atoms with van der Waals surface area (Å²) in [6.07, 6.45) is 8.85. The molecule has 0 bridgehead atoms. The summed E-state index contributed by atoms with van der Waals surface area (Å²) >= 11 is 0. The fourth-order valence-corrected chi connectivity index (χ4v) is 3.15. The molecular formula is C17H24N2O3. The van der Waals surface area contributed by atoms with Gasteiger partial charge in [0.2, 0.25) is 0 Å². The first-order chi connectivity index (χ1) is 10.6. The Morgan fingerprint density at radius 1 is 1.27 bits per heavy atom. The molecule has 0 aliphatic heterocycles. The number of benzene rings is 1. The lowest BCUT2D eigenvalue weighted by Crippen LogP contribution is -2.26. The maximum Gasteiger partial charge on any atom is 0.272 e. The Labute approximate surface area is 131 Å². The largest absolute Gasteiger partial charge is 0.352 e. The zero-order valence-electron chi connectivity index (χ0n) is 13.1. The maximum atomic E-state index is 12.1. The van der Waals surface area contributed by atoms with Gasteiger partial charge in [0.25, 0.3) is 11.6 Å². The van der Waals surface area contributed by atoms with Gasteiger partial charge in [0.1, 0.15) is 0 Å². The van der Waals surface area contributed by atoms with Crippen LogP contribution in [-0.2, 0) is 0 Å². The van der Waals surface area contributed by atoms with Crippen LogP contribution in [0.5, 0.6) is 0 Å². The number of nitro benzene ring substituents is 1. The molecular weight excluding hydrogens is 280 g/mol. The molecule has 22 heavy (non-hydrogen) atoms. The zero-order chi connectivity index (χ0) is 15.9. The van der Waals surface area contributed by atoms with Crippen LogP contribution in [0, 0.1) is 23.0 Å². The van der Waals surface area contributed by atoms with Crippen molar-refractivity contribution in [2.75, 3.05) is 6.54 Å². The van der Waals surface area contributed by atoms with Crippen LogP contribution in [0.1, 0.15) is 60.9 Å². The fraction of sp³-hybridized carbons (Fsp3) is 0.588. The standard InChI is InChI=1S/C17H24N2O3/c1-13-12-15(8-9-16(13)19(21)22)17(20)18-11-10-14-6-4-2-3-5-7-14/h8-9,12,14H,2-7,10-11H2,1H3,(H,18,20). The predicted octanol–water partition coefficient (Wildman–Crippen LogP) is 3.99. The smallest absolute Gasteiger partial charge is 0.272 e. The average Bonchev–Trinajstić information content (AvgIpc) is 2.75. The van der Waals surface area contributed by atoms with Gasteiger partial charge in [0.15, 0.2) is 0 Å². The molecule has 120 valence electrons. The van der Waals surface area contributed by atoms with Crippen molar-refractivity contribution < 1.29 is 9.72 Å². The van der Waals surface area contributed by atoms with Crippen LogP contribution in [-0.4, -0.2) is 17.4 Å². The van der Waals surface area contributed by atoms with E-state index in [0.29, 0.717) is 17.7 Å². The van der Waals surface area contributed by atoms with Gasteiger partial charge in [-0.05, 0) is 31.4 Å². The van der Waals surface area contributed by atoms with Gasteiger partial charge in [-0.2, -0.15) is 0 Å². The third-order valence-electron chi connectivity index (χ3n) is 4.47. The van der Waals surface area contributed by atoms with E-state index in [9.17, 15) is 14.9 Å². The molecule has 5 nitrogen and oxygen atoms in total. The van der Waals surface area contributed by atoms with E-state index >= 15 is 0 Å². The first kappa shape index (κ1) is 16.5. The molecule has 1 saturated carbocycles. The van der Waals surface area contributed by atoms with Gasteiger partial charge >= 0.3 is 0 Å². The summed E-state index contributed by atoms with van der Waals surface area (Å²) in [7, 11) is 0. The summed E-state index contributed by atoms with van der Waals surface area (Å²) in [4.78, 5) is 22.5. The highest BCUT2D eigenvalue weighted by Gasteiger charge is 2.15. The molecule has 0 spiro atoms. The highest BCUT2D eigenvalue weighted by atomic mass is 16.6. The molecule has 1 aliphatic carbocycles. The first-order valence-electron chi connectivity index (χ1n) is 8.11. The number of nitrogens with zero attached hydrogens (tertiary/aromatic N) is 1. The number of hydrogen-bond acceptors (Lipinski definition) is 3. The van der Waals surface area contributed by atoms with Crippen molar-refractivity contribution in [2.24, 2.45) is 5.92 Å². The second-order valence-electron chi connectivity index (χ2n) is 6.16. The molecule has 1 aliphatic rings. The summed E-state index contributed by atoms with van der Waals surface area (Å²) in [5.41, 5.74) is 1.06. The number of aryl methyl sites for hydroxylation is 1. The van der Waals surface area contributed by atoms with Crippen molar-refractivity contribution in [1.29, 1.82) is 0 Å². The van der Waals surface area contributed by atoms with Crippen LogP contribution in [0.3, 0.4) is 0 Å². The lowest BCUT2D eigenvalue weighted by Gasteiger charge is -2.14. The van der Waals surface area contributed by atoms with E-state index in [2.05, 4.69) is 5.32 Å². The molecule has 5 heteroatoms. The summed E-state index contributed by atoms with van der Waals surface area (Å²) in [6, 6.07) is 4.50. The number of carbonyl (C=O) groups excluding carboxylic acids is 1. The van der Waals surface area contributed by atoms with Gasteiger partial charge in [0.05, 0.1) is 4.92 Å². The van der Waals surface area contributed by atoms with E-state index in [4.69, 9.17) is 0 Å². The summed E-state index contributed by atoms with van der Waals surface area (Å²) in [5.74, 6) is 0.577. The highest BCUT2D eigenvalue weighted by molar-refractivity contribution is 5.94. The van der Waals surface area contributed by atoms with E-state index in [1.807, 2.05) is 0 Å². The van der Waals surface area contributed by atoms with Crippen LogP contribution < -0.4 is 5.32 Å². The Morgan fingerprint density at radius 2 is 1.95 bits per heavy atom. The molecule has 1 aromatic rings. The molecule has 0 aromatic heterocycles. The molecule has 0 radical (unpaired) electrons. The Kier molecular flexibility index (Phi) is 5.92. The van der Waals surface area contributed by atoms with Crippen LogP contribution in [0.2, 0.25) is 0 Å². The van der Waals surface area contributed by atoms with Crippen LogP contribution in [0.25, 0.3) is 0 Å². The minimum atomic E-state index is -0.428. The van der Waals surface area contributed by atoms with Crippen LogP contribution in [0.15, 0.2) is 18.2 Å². The quantitative estimate of drug-likeness (QED) is 0.508. The maximum absolute atomic E-state index is 12.1. The number of hydrogen-bond donors (Lipinski definition) is 1. The molecule has 0 atom stereocenters. The van der Waals surface area contributed by atoms with E-state index in [1.54, 1.807) is 13.0 Å². The van der Waals surface area contributed by atoms with Crippen LogP contribution >= 0.6 is 0 Å². The number of carbonyl (C=O) groups is 1. The summed E-state index contributed by atoms with van der Waals surface area (Å²) < 4.78 is 0. The summed E-state index contributed by atoms with van der Waals surface area (Å²) in [5, 5.41) is 13.7. The van der Waals surface area contributed by atoms with Gasteiger partial charge in [-0.1, -0.05) is 38.5 Å². The Bertz CT molecular complexity index is 535. The lowest BCUT2D eigenvalue weighted by atomic mass is 9.97. The van der Waals surface area contributed by atoms with Crippen molar-refractivity contribution in [1.82, 2.24) is 5.32 Å². The molecule has 2 rings (SSSR count). The van der Waals surface area contributed by atoms with E-state index in [1.165, 1.54) is 50.7 Å². The van der Waals surface area contributed by atoms with Crippen LogP contribution in [0.4, 0.5) is 5.69 Å². The van der Waals surface area contributed by atoms with Crippen molar-refractivity contribution in [3.63, 3.8) is 0 Å². The number of amides is 1. The van der Waals surface area contributed by atoms with Gasteiger partial charge in [-0.3, -0.25) is 14.9 Å². The number of nitro groups is 1. The van der Waals surface area contributed by atoms with E-state index in [-0.39, 0.29) is 11.6 Å². The molecule has 0 unspecified atom stereocenters. The zero-order valence-corrected chi connectivity index (χ0v) is 13.1. The molecule has 0 saturated heterocycles. The first-order valence-corrected chi connectivity index (χ1v) is 8.11. The predicted molar refractivity (Wildman–Crippen MR) is 86.0 cm³/mol. The second kappa shape index (κ2) is 7.92. The molecule has 1 fully saturated rings. The minimum absolute atomic E-state index is 0.0509. The van der Waals surface area contributed by atoms with Crippen molar-refractivity contribution in [3.8, 4) is 0 Å². The Balaban J connectivity index is 1.84. The van der Waals surface area contributed by atoms with Gasteiger partial charge < -0.3 is 5.32 Å². The number of nitrogens with one attached hydrogen (secondary N) is 1. The SMILES string of the molecule is Cc1cc(C(=O)NCCC2CCCCCC2)ccc1[N+](=O)[O-]. The third kappa shape index (κ3) is 4.55. The third-order valence-corrected chi connectivity index (χ3v) is 4.47.